The third-order valence-corrected chi connectivity index (χ3v) is 6.29. The molecule has 8 heteroatoms. The molecule has 1 aliphatic heterocycles. The van der Waals surface area contributed by atoms with Gasteiger partial charge in [0.25, 0.3) is 0 Å². The first-order valence-electron chi connectivity index (χ1n) is 10.1. The minimum absolute atomic E-state index is 0.0219. The maximum atomic E-state index is 12.0. The van der Waals surface area contributed by atoms with Crippen molar-refractivity contribution in [1.29, 1.82) is 0 Å². The number of aliphatic carboxylic acids is 1. The van der Waals surface area contributed by atoms with Crippen LogP contribution in [0.15, 0.2) is 29.6 Å². The standard InChI is InChI=1S/C22H27N3O4S/c1-22(2,3)10-8-17-12-18(20(30-17)21(27)28)25(14-26)15-4-6-16(7-5-15)29-19-9-11-23-13-24-19/h9,11-16,18,20H,4-7H2,1-3H3,(H,27,28). The molecule has 2 aliphatic rings. The largest absolute Gasteiger partial charge is 0.480 e. The van der Waals surface area contributed by atoms with Gasteiger partial charge < -0.3 is 14.7 Å². The molecule has 2 unspecified atom stereocenters. The van der Waals surface area contributed by atoms with Crippen LogP contribution in [0.25, 0.3) is 0 Å². The van der Waals surface area contributed by atoms with Gasteiger partial charge in [0, 0.05) is 23.7 Å². The van der Waals surface area contributed by atoms with Crippen LogP contribution in [0.2, 0.25) is 0 Å². The highest BCUT2D eigenvalue weighted by molar-refractivity contribution is 8.05. The van der Waals surface area contributed by atoms with Gasteiger partial charge in [-0.2, -0.15) is 0 Å². The molecule has 1 aromatic heterocycles. The molecular formula is C22H27N3O4S. The zero-order valence-corrected chi connectivity index (χ0v) is 18.3. The number of carboxylic acids is 1. The Hall–Kier alpha value is -2.53. The van der Waals surface area contributed by atoms with Crippen LogP contribution in [-0.4, -0.2) is 55.8 Å². The van der Waals surface area contributed by atoms with E-state index in [0.29, 0.717) is 5.88 Å². The van der Waals surface area contributed by atoms with Crippen LogP contribution in [0.4, 0.5) is 0 Å². The summed E-state index contributed by atoms with van der Waals surface area (Å²) < 4.78 is 5.90. The van der Waals surface area contributed by atoms with E-state index in [2.05, 4.69) is 21.8 Å². The minimum Gasteiger partial charge on any atom is -0.480 e. The van der Waals surface area contributed by atoms with Crippen molar-refractivity contribution in [2.45, 2.75) is 69.9 Å². The molecular weight excluding hydrogens is 402 g/mol. The molecule has 3 rings (SSSR count). The van der Waals surface area contributed by atoms with Gasteiger partial charge in [-0.3, -0.25) is 9.59 Å². The monoisotopic (exact) mass is 429 g/mol. The summed E-state index contributed by atoms with van der Waals surface area (Å²) >= 11 is 1.23. The fraction of sp³-hybridized carbons (Fsp3) is 0.545. The van der Waals surface area contributed by atoms with Crippen LogP contribution in [-0.2, 0) is 9.59 Å². The molecule has 160 valence electrons. The highest BCUT2D eigenvalue weighted by atomic mass is 32.2. The van der Waals surface area contributed by atoms with Crippen molar-refractivity contribution in [3.05, 3.63) is 29.6 Å². The Bertz CT molecular complexity index is 849. The van der Waals surface area contributed by atoms with E-state index in [4.69, 9.17) is 4.74 Å². The Balaban J connectivity index is 1.67. The number of ether oxygens (including phenoxy) is 1. The third-order valence-electron chi connectivity index (χ3n) is 5.06. The average molecular weight is 430 g/mol. The van der Waals surface area contributed by atoms with Crippen LogP contribution in [0.5, 0.6) is 5.88 Å². The lowest BCUT2D eigenvalue weighted by Gasteiger charge is -2.38. The second-order valence-corrected chi connectivity index (χ2v) is 9.73. The molecule has 2 atom stereocenters. The van der Waals surface area contributed by atoms with Gasteiger partial charge in [-0.15, -0.1) is 0 Å². The molecule has 0 spiro atoms. The highest BCUT2D eigenvalue weighted by Gasteiger charge is 2.40. The zero-order chi connectivity index (χ0) is 21.7. The molecule has 1 aliphatic carbocycles. The summed E-state index contributed by atoms with van der Waals surface area (Å²) in [7, 11) is 0. The van der Waals surface area contributed by atoms with Gasteiger partial charge in [-0.25, -0.2) is 9.97 Å². The number of carbonyl (C=O) groups is 2. The van der Waals surface area contributed by atoms with Gasteiger partial charge >= 0.3 is 5.97 Å². The Morgan fingerprint density at radius 1 is 1.33 bits per heavy atom. The molecule has 1 amide bonds. The molecule has 30 heavy (non-hydrogen) atoms. The topological polar surface area (TPSA) is 92.6 Å². The van der Waals surface area contributed by atoms with Crippen LogP contribution in [0.1, 0.15) is 46.5 Å². The second kappa shape index (κ2) is 9.52. The highest BCUT2D eigenvalue weighted by Crippen LogP contribution is 2.37. The van der Waals surface area contributed by atoms with Crippen molar-refractivity contribution in [2.24, 2.45) is 5.41 Å². The number of amides is 1. The number of carbonyl (C=O) groups excluding carboxylic acids is 1. The Labute approximate surface area is 181 Å². The molecule has 0 saturated heterocycles. The molecule has 1 saturated carbocycles. The van der Waals surface area contributed by atoms with Gasteiger partial charge in [-0.05, 0) is 52.5 Å². The van der Waals surface area contributed by atoms with E-state index in [0.717, 1.165) is 37.0 Å². The van der Waals surface area contributed by atoms with Gasteiger partial charge in [-0.1, -0.05) is 23.6 Å². The van der Waals surface area contributed by atoms with E-state index < -0.39 is 17.3 Å². The molecule has 1 fully saturated rings. The average Bonchev–Trinajstić information content (AvgIpc) is 3.13. The summed E-state index contributed by atoms with van der Waals surface area (Å²) in [4.78, 5) is 34.2. The number of hydrogen-bond acceptors (Lipinski definition) is 6. The van der Waals surface area contributed by atoms with E-state index in [1.807, 2.05) is 26.8 Å². The lowest BCUT2D eigenvalue weighted by Crippen LogP contribution is -2.49. The zero-order valence-electron chi connectivity index (χ0n) is 17.4. The normalized spacial score (nSPS) is 26.2. The second-order valence-electron chi connectivity index (χ2n) is 8.55. The van der Waals surface area contributed by atoms with Gasteiger partial charge in [0.05, 0.1) is 10.9 Å². The lowest BCUT2D eigenvalue weighted by molar-refractivity contribution is -0.138. The summed E-state index contributed by atoms with van der Waals surface area (Å²) in [6, 6.07) is 1.20. The van der Waals surface area contributed by atoms with Crippen molar-refractivity contribution in [2.75, 3.05) is 0 Å². The number of hydrogen-bond donors (Lipinski definition) is 1. The number of aromatic nitrogens is 2. The van der Waals surface area contributed by atoms with Gasteiger partial charge in [0.2, 0.25) is 12.3 Å². The summed E-state index contributed by atoms with van der Waals surface area (Å²) in [6.07, 6.45) is 8.78. The third kappa shape index (κ3) is 5.76. The van der Waals surface area contributed by atoms with Gasteiger partial charge in [0.1, 0.15) is 17.7 Å². The smallest absolute Gasteiger partial charge is 0.319 e. The van der Waals surface area contributed by atoms with Crippen molar-refractivity contribution in [3.63, 3.8) is 0 Å². The first-order valence-corrected chi connectivity index (χ1v) is 10.9. The first-order chi connectivity index (χ1) is 14.3. The van der Waals surface area contributed by atoms with Crippen molar-refractivity contribution in [1.82, 2.24) is 14.9 Å². The minimum atomic E-state index is -0.929. The number of rotatable bonds is 6. The maximum absolute atomic E-state index is 12.0. The molecule has 2 heterocycles. The fourth-order valence-corrected chi connectivity index (χ4v) is 4.69. The summed E-state index contributed by atoms with van der Waals surface area (Å²) in [5.41, 5.74) is -0.176. The van der Waals surface area contributed by atoms with Crippen LogP contribution < -0.4 is 4.74 Å². The number of nitrogens with zero attached hydrogens (tertiary/aromatic N) is 3. The van der Waals surface area contributed by atoms with E-state index in [-0.39, 0.29) is 17.6 Å². The number of allylic oxidation sites excluding steroid dienone is 1. The van der Waals surface area contributed by atoms with E-state index in [1.165, 1.54) is 18.1 Å². The lowest BCUT2D eigenvalue weighted by atomic mass is 9.90. The van der Waals surface area contributed by atoms with Crippen LogP contribution in [0.3, 0.4) is 0 Å². The molecule has 0 bridgehead atoms. The first kappa shape index (κ1) is 22.2. The van der Waals surface area contributed by atoms with Crippen LogP contribution in [0, 0.1) is 17.3 Å². The van der Waals surface area contributed by atoms with Crippen molar-refractivity contribution in [3.8, 4) is 17.7 Å². The van der Waals surface area contributed by atoms with E-state index >= 15 is 0 Å². The molecule has 7 nitrogen and oxygen atoms in total. The van der Waals surface area contributed by atoms with Crippen molar-refractivity contribution >= 4 is 24.1 Å². The van der Waals surface area contributed by atoms with Crippen molar-refractivity contribution < 1.29 is 19.4 Å². The number of carboxylic acid groups (broad SMARTS) is 1. The quantitative estimate of drug-likeness (QED) is 0.549. The molecule has 0 aromatic carbocycles. The summed E-state index contributed by atoms with van der Waals surface area (Å²) in [5.74, 6) is 5.85. The van der Waals surface area contributed by atoms with E-state index in [1.54, 1.807) is 17.2 Å². The molecule has 1 aromatic rings. The fourth-order valence-electron chi connectivity index (χ4n) is 3.63. The predicted molar refractivity (Wildman–Crippen MR) is 115 cm³/mol. The molecule has 1 N–H and O–H groups in total. The van der Waals surface area contributed by atoms with Gasteiger partial charge in [0.15, 0.2) is 0 Å². The van der Waals surface area contributed by atoms with E-state index in [9.17, 15) is 14.7 Å². The predicted octanol–water partition coefficient (Wildman–Crippen LogP) is 3.13. The Kier molecular flexibility index (Phi) is 7.03. The molecule has 0 radical (unpaired) electrons. The summed E-state index contributed by atoms with van der Waals surface area (Å²) in [5, 5.41) is 8.96. The van der Waals surface area contributed by atoms with Crippen LogP contribution >= 0.6 is 11.8 Å². The Morgan fingerprint density at radius 2 is 2.07 bits per heavy atom. The maximum Gasteiger partial charge on any atom is 0.319 e. The number of thioether (sulfide) groups is 1. The SMILES string of the molecule is CC(C)(C)C#CC1=CC(N(C=O)C2CCC(Oc3ccncn3)CC2)C(C(=O)O)S1. The summed E-state index contributed by atoms with van der Waals surface area (Å²) in [6.45, 7) is 6.02. The Morgan fingerprint density at radius 3 is 2.63 bits per heavy atom.